The summed E-state index contributed by atoms with van der Waals surface area (Å²) >= 11 is 0. The number of aromatic nitrogens is 1. The summed E-state index contributed by atoms with van der Waals surface area (Å²) in [5.74, 6) is 0.417. The Hall–Kier alpha value is -2.36. The molecule has 0 atom stereocenters. The molecule has 0 aliphatic carbocycles. The van der Waals surface area contributed by atoms with Crippen molar-refractivity contribution in [2.75, 3.05) is 13.1 Å². The zero-order valence-electron chi connectivity index (χ0n) is 11.9. The van der Waals surface area contributed by atoms with Crippen molar-refractivity contribution in [2.24, 2.45) is 0 Å². The zero-order valence-corrected chi connectivity index (χ0v) is 11.9. The Morgan fingerprint density at radius 1 is 1.19 bits per heavy atom. The van der Waals surface area contributed by atoms with Crippen LogP contribution < -0.4 is 0 Å². The number of para-hydroxylation sites is 1. The van der Waals surface area contributed by atoms with E-state index in [-0.39, 0.29) is 5.91 Å². The maximum atomic E-state index is 12.5. The monoisotopic (exact) mass is 280 g/mol. The summed E-state index contributed by atoms with van der Waals surface area (Å²) in [5.41, 5.74) is 2.56. The van der Waals surface area contributed by atoms with Gasteiger partial charge in [0.25, 0.3) is 5.91 Å². The quantitative estimate of drug-likeness (QED) is 0.685. The molecule has 106 valence electrons. The number of hydrogen-bond acceptors (Lipinski definition) is 3. The highest BCUT2D eigenvalue weighted by molar-refractivity contribution is 6.06. The maximum absolute atomic E-state index is 12.5. The Kier molecular flexibility index (Phi) is 2.70. The molecule has 0 radical (unpaired) electrons. The van der Waals surface area contributed by atoms with Crippen molar-refractivity contribution in [3.05, 3.63) is 41.8 Å². The van der Waals surface area contributed by atoms with Gasteiger partial charge in [-0.15, -0.1) is 0 Å². The number of nitrogens with zero attached hydrogens (tertiary/aromatic N) is 2. The van der Waals surface area contributed by atoms with Crippen molar-refractivity contribution < 1.29 is 9.21 Å². The normalized spacial score (nSPS) is 15.2. The van der Waals surface area contributed by atoms with Crippen LogP contribution in [0.2, 0.25) is 0 Å². The van der Waals surface area contributed by atoms with Crippen molar-refractivity contribution >= 4 is 27.8 Å². The number of hydrogen-bond donors (Lipinski definition) is 0. The first-order valence-corrected chi connectivity index (χ1v) is 7.32. The van der Waals surface area contributed by atoms with Crippen LogP contribution in [0.1, 0.15) is 29.1 Å². The van der Waals surface area contributed by atoms with Crippen molar-refractivity contribution in [3.8, 4) is 0 Å². The van der Waals surface area contributed by atoms with Gasteiger partial charge in [0, 0.05) is 29.6 Å². The van der Waals surface area contributed by atoms with Crippen LogP contribution in [0.5, 0.6) is 0 Å². The zero-order chi connectivity index (χ0) is 14.4. The fourth-order valence-corrected chi connectivity index (χ4v) is 3.05. The lowest BCUT2D eigenvalue weighted by atomic mass is 10.1. The molecular weight excluding hydrogens is 264 g/mol. The lowest BCUT2D eigenvalue weighted by Crippen LogP contribution is -2.27. The highest BCUT2D eigenvalue weighted by Gasteiger charge is 2.23. The van der Waals surface area contributed by atoms with Gasteiger partial charge in [-0.1, -0.05) is 12.1 Å². The van der Waals surface area contributed by atoms with Gasteiger partial charge in [-0.3, -0.25) is 9.78 Å². The summed E-state index contributed by atoms with van der Waals surface area (Å²) in [6, 6.07) is 9.71. The van der Waals surface area contributed by atoms with E-state index in [0.29, 0.717) is 5.76 Å². The summed E-state index contributed by atoms with van der Waals surface area (Å²) in [7, 11) is 0. The van der Waals surface area contributed by atoms with E-state index in [1.165, 1.54) is 0 Å². The second-order valence-corrected chi connectivity index (χ2v) is 5.57. The van der Waals surface area contributed by atoms with Crippen molar-refractivity contribution in [1.29, 1.82) is 0 Å². The van der Waals surface area contributed by atoms with Crippen LogP contribution in [0.4, 0.5) is 0 Å². The number of amides is 1. The molecule has 1 aliphatic rings. The molecule has 0 bridgehead atoms. The molecule has 1 amide bonds. The van der Waals surface area contributed by atoms with Gasteiger partial charge in [-0.05, 0) is 38.0 Å². The molecule has 1 aliphatic heterocycles. The minimum Gasteiger partial charge on any atom is -0.450 e. The Bertz CT molecular complexity index is 844. The molecule has 21 heavy (non-hydrogen) atoms. The third kappa shape index (κ3) is 1.90. The molecule has 4 heteroatoms. The van der Waals surface area contributed by atoms with Crippen LogP contribution in [0.3, 0.4) is 0 Å². The van der Waals surface area contributed by atoms with Crippen molar-refractivity contribution in [3.63, 3.8) is 0 Å². The molecule has 3 aromatic rings. The van der Waals surface area contributed by atoms with Gasteiger partial charge in [0.05, 0.1) is 5.52 Å². The second-order valence-electron chi connectivity index (χ2n) is 5.57. The Labute approximate surface area is 122 Å². The third-order valence-corrected chi connectivity index (χ3v) is 4.16. The number of carbonyl (C=O) groups excluding carboxylic acids is 1. The maximum Gasteiger partial charge on any atom is 0.289 e. The number of likely N-dealkylation sites (tertiary alicyclic amines) is 1. The van der Waals surface area contributed by atoms with Crippen LogP contribution in [-0.2, 0) is 0 Å². The molecule has 4 nitrogen and oxygen atoms in total. The minimum absolute atomic E-state index is 0.00724. The third-order valence-electron chi connectivity index (χ3n) is 4.16. The molecule has 1 aromatic carbocycles. The fraction of sp³-hybridized carbons (Fsp3) is 0.294. The van der Waals surface area contributed by atoms with E-state index in [1.807, 2.05) is 42.2 Å². The first kappa shape index (κ1) is 12.4. The number of fused-ring (bicyclic) bond motifs is 3. The molecule has 0 unspecified atom stereocenters. The summed E-state index contributed by atoms with van der Waals surface area (Å²) in [4.78, 5) is 18.9. The average Bonchev–Trinajstić information content (AvgIpc) is 3.17. The van der Waals surface area contributed by atoms with E-state index in [9.17, 15) is 4.79 Å². The average molecular weight is 280 g/mol. The highest BCUT2D eigenvalue weighted by Crippen LogP contribution is 2.30. The molecule has 0 spiro atoms. The summed E-state index contributed by atoms with van der Waals surface area (Å²) in [5, 5.41) is 1.88. The van der Waals surface area contributed by atoms with Crippen LogP contribution in [0.25, 0.3) is 21.9 Å². The number of benzene rings is 1. The van der Waals surface area contributed by atoms with E-state index in [1.54, 1.807) is 0 Å². The highest BCUT2D eigenvalue weighted by atomic mass is 16.3. The molecule has 0 saturated carbocycles. The fourth-order valence-electron chi connectivity index (χ4n) is 3.05. The molecule has 2 aromatic heterocycles. The molecular formula is C17H16N2O2. The van der Waals surface area contributed by atoms with E-state index >= 15 is 0 Å². The van der Waals surface area contributed by atoms with Gasteiger partial charge in [0.15, 0.2) is 5.76 Å². The standard InChI is InChI=1S/C17H16N2O2/c1-11-13-10-15(17(20)19-8-4-5-9-19)21-16(13)12-6-2-3-7-14(12)18-11/h2-3,6-7,10H,4-5,8-9H2,1H3. The lowest BCUT2D eigenvalue weighted by molar-refractivity contribution is 0.0764. The number of pyridine rings is 1. The van der Waals surface area contributed by atoms with Gasteiger partial charge in [0.1, 0.15) is 5.58 Å². The number of furan rings is 1. The van der Waals surface area contributed by atoms with E-state index < -0.39 is 0 Å². The lowest BCUT2D eigenvalue weighted by Gasteiger charge is -2.12. The van der Waals surface area contributed by atoms with Crippen LogP contribution in [0.15, 0.2) is 34.7 Å². The molecule has 0 N–H and O–H groups in total. The van der Waals surface area contributed by atoms with Crippen LogP contribution >= 0.6 is 0 Å². The van der Waals surface area contributed by atoms with Gasteiger partial charge < -0.3 is 9.32 Å². The molecule has 3 heterocycles. The van der Waals surface area contributed by atoms with Crippen molar-refractivity contribution in [2.45, 2.75) is 19.8 Å². The topological polar surface area (TPSA) is 46.3 Å². The minimum atomic E-state index is -0.00724. The molecule has 1 fully saturated rings. The Morgan fingerprint density at radius 3 is 2.76 bits per heavy atom. The number of aryl methyl sites for hydroxylation is 1. The Morgan fingerprint density at radius 2 is 1.95 bits per heavy atom. The van der Waals surface area contributed by atoms with Gasteiger partial charge in [0.2, 0.25) is 0 Å². The van der Waals surface area contributed by atoms with Gasteiger partial charge in [-0.25, -0.2) is 0 Å². The molecule has 4 rings (SSSR count). The Balaban J connectivity index is 1.91. The van der Waals surface area contributed by atoms with E-state index in [2.05, 4.69) is 4.98 Å². The summed E-state index contributed by atoms with van der Waals surface area (Å²) < 4.78 is 5.91. The second kappa shape index (κ2) is 4.58. The summed E-state index contributed by atoms with van der Waals surface area (Å²) in [6.45, 7) is 3.61. The number of carbonyl (C=O) groups is 1. The number of rotatable bonds is 1. The smallest absolute Gasteiger partial charge is 0.289 e. The van der Waals surface area contributed by atoms with Gasteiger partial charge in [-0.2, -0.15) is 0 Å². The predicted molar refractivity (Wildman–Crippen MR) is 81.4 cm³/mol. The van der Waals surface area contributed by atoms with Gasteiger partial charge >= 0.3 is 0 Å². The van der Waals surface area contributed by atoms with Crippen LogP contribution in [0, 0.1) is 6.92 Å². The van der Waals surface area contributed by atoms with E-state index in [4.69, 9.17) is 4.42 Å². The first-order valence-electron chi connectivity index (χ1n) is 7.32. The SMILES string of the molecule is Cc1nc2ccccc2c2oc(C(=O)N3CCCC3)cc12. The molecule has 1 saturated heterocycles. The summed E-state index contributed by atoms with van der Waals surface area (Å²) in [6.07, 6.45) is 2.16. The van der Waals surface area contributed by atoms with E-state index in [0.717, 1.165) is 53.5 Å². The first-order chi connectivity index (χ1) is 10.2. The van der Waals surface area contributed by atoms with Crippen molar-refractivity contribution in [1.82, 2.24) is 9.88 Å². The largest absolute Gasteiger partial charge is 0.450 e. The van der Waals surface area contributed by atoms with Crippen LogP contribution in [-0.4, -0.2) is 28.9 Å². The predicted octanol–water partition coefficient (Wildman–Crippen LogP) is 3.53.